The number of rotatable bonds is 6. The molecule has 9 heteroatoms. The molecule has 1 aromatic rings. The van der Waals surface area contributed by atoms with E-state index < -0.39 is 24.1 Å². The summed E-state index contributed by atoms with van der Waals surface area (Å²) in [6.07, 6.45) is 1.97. The van der Waals surface area contributed by atoms with E-state index in [1.54, 1.807) is 6.20 Å². The van der Waals surface area contributed by atoms with Gasteiger partial charge in [0.25, 0.3) is 0 Å². The smallest absolute Gasteiger partial charge is 0.328 e. The summed E-state index contributed by atoms with van der Waals surface area (Å²) in [5, 5.41) is 29.8. The van der Waals surface area contributed by atoms with Crippen molar-refractivity contribution in [3.05, 3.63) is 12.4 Å². The van der Waals surface area contributed by atoms with Gasteiger partial charge >= 0.3 is 12.0 Å². The van der Waals surface area contributed by atoms with Crippen molar-refractivity contribution >= 4 is 12.0 Å². The second-order valence-electron chi connectivity index (χ2n) is 3.62. The van der Waals surface area contributed by atoms with Crippen molar-refractivity contribution < 1.29 is 19.8 Å². The number of carbonyl (C=O) groups is 2. The van der Waals surface area contributed by atoms with Gasteiger partial charge in [-0.3, -0.25) is 4.68 Å². The Hall–Kier alpha value is -2.16. The second kappa shape index (κ2) is 6.55. The molecule has 0 bridgehead atoms. The predicted octanol–water partition coefficient (Wildman–Crippen LogP) is -1.59. The summed E-state index contributed by atoms with van der Waals surface area (Å²) in [7, 11) is 0. The standard InChI is InChI=1S/C9H15N5O4/c1-6(15)7(8(16)17)12-9(18)10-2-4-14-5-3-11-13-14/h3,5-7,15H,2,4H2,1H3,(H,16,17)(H2,10,12,18)/t6-,7+/m1/s1. The number of urea groups is 1. The quantitative estimate of drug-likeness (QED) is 0.486. The third kappa shape index (κ3) is 4.37. The largest absolute Gasteiger partial charge is 0.480 e. The van der Waals surface area contributed by atoms with E-state index in [4.69, 9.17) is 10.2 Å². The van der Waals surface area contributed by atoms with Crippen LogP contribution in [0.25, 0.3) is 0 Å². The Morgan fingerprint density at radius 1 is 1.50 bits per heavy atom. The van der Waals surface area contributed by atoms with Crippen molar-refractivity contribution in [2.45, 2.75) is 25.6 Å². The average molecular weight is 257 g/mol. The van der Waals surface area contributed by atoms with E-state index in [1.165, 1.54) is 17.8 Å². The molecular formula is C9H15N5O4. The van der Waals surface area contributed by atoms with Gasteiger partial charge in [0.2, 0.25) is 0 Å². The lowest BCUT2D eigenvalue weighted by molar-refractivity contribution is -0.141. The van der Waals surface area contributed by atoms with Gasteiger partial charge in [-0.05, 0) is 6.92 Å². The summed E-state index contributed by atoms with van der Waals surface area (Å²) in [6.45, 7) is 1.97. The maximum absolute atomic E-state index is 11.3. The fourth-order valence-corrected chi connectivity index (χ4v) is 1.22. The van der Waals surface area contributed by atoms with Gasteiger partial charge in [-0.2, -0.15) is 0 Å². The lowest BCUT2D eigenvalue weighted by atomic mass is 10.2. The van der Waals surface area contributed by atoms with Crippen LogP contribution >= 0.6 is 0 Å². The molecule has 0 unspecified atom stereocenters. The van der Waals surface area contributed by atoms with Crippen LogP contribution in [0.1, 0.15) is 6.92 Å². The molecule has 0 fully saturated rings. The van der Waals surface area contributed by atoms with Gasteiger partial charge in [0.15, 0.2) is 6.04 Å². The molecule has 0 saturated carbocycles. The minimum Gasteiger partial charge on any atom is -0.480 e. The van der Waals surface area contributed by atoms with E-state index in [2.05, 4.69) is 20.9 Å². The number of carboxylic acid groups (broad SMARTS) is 1. The lowest BCUT2D eigenvalue weighted by Crippen LogP contribution is -2.51. The minimum atomic E-state index is -1.34. The van der Waals surface area contributed by atoms with Crippen molar-refractivity contribution in [1.82, 2.24) is 25.6 Å². The topological polar surface area (TPSA) is 129 Å². The number of hydrogen-bond acceptors (Lipinski definition) is 5. The Kier molecular flexibility index (Phi) is 5.06. The highest BCUT2D eigenvalue weighted by Gasteiger charge is 2.24. The monoisotopic (exact) mass is 257 g/mol. The van der Waals surface area contributed by atoms with Crippen LogP contribution < -0.4 is 10.6 Å². The van der Waals surface area contributed by atoms with Gasteiger partial charge in [-0.15, -0.1) is 5.10 Å². The Bertz CT molecular complexity index is 392. The Morgan fingerprint density at radius 2 is 2.22 bits per heavy atom. The molecule has 2 amide bonds. The number of nitrogens with one attached hydrogen (secondary N) is 2. The molecular weight excluding hydrogens is 242 g/mol. The highest BCUT2D eigenvalue weighted by molar-refractivity contribution is 5.82. The number of carbonyl (C=O) groups excluding carboxylic acids is 1. The minimum absolute atomic E-state index is 0.265. The number of carboxylic acids is 1. The van der Waals surface area contributed by atoms with Crippen LogP contribution in [0.2, 0.25) is 0 Å². The average Bonchev–Trinajstić information content (AvgIpc) is 2.78. The number of aliphatic hydroxyl groups excluding tert-OH is 1. The first-order valence-electron chi connectivity index (χ1n) is 5.30. The van der Waals surface area contributed by atoms with Gasteiger partial charge in [0.05, 0.1) is 18.8 Å². The first-order chi connectivity index (χ1) is 8.50. The molecule has 0 aliphatic heterocycles. The molecule has 1 heterocycles. The Balaban J connectivity index is 2.30. The maximum atomic E-state index is 11.3. The molecule has 0 aliphatic rings. The summed E-state index contributed by atoms with van der Waals surface area (Å²) < 4.78 is 1.52. The number of aliphatic carboxylic acids is 1. The number of aromatic nitrogens is 3. The van der Waals surface area contributed by atoms with Crippen molar-refractivity contribution in [3.8, 4) is 0 Å². The summed E-state index contributed by atoms with van der Waals surface area (Å²) in [5.74, 6) is -1.29. The summed E-state index contributed by atoms with van der Waals surface area (Å²) in [6, 6.07) is -2.00. The van der Waals surface area contributed by atoms with Crippen LogP contribution in [0.15, 0.2) is 12.4 Å². The van der Waals surface area contributed by atoms with Crippen LogP contribution in [0.4, 0.5) is 4.79 Å². The van der Waals surface area contributed by atoms with Gasteiger partial charge in [0.1, 0.15) is 0 Å². The normalized spacial score (nSPS) is 13.7. The molecule has 0 spiro atoms. The first kappa shape index (κ1) is 13.9. The molecule has 9 nitrogen and oxygen atoms in total. The lowest BCUT2D eigenvalue weighted by Gasteiger charge is -2.17. The third-order valence-electron chi connectivity index (χ3n) is 2.13. The van der Waals surface area contributed by atoms with Crippen molar-refractivity contribution in [3.63, 3.8) is 0 Å². The highest BCUT2D eigenvalue weighted by Crippen LogP contribution is 1.92. The van der Waals surface area contributed by atoms with Crippen LogP contribution in [0.3, 0.4) is 0 Å². The van der Waals surface area contributed by atoms with E-state index in [1.807, 2.05) is 0 Å². The number of nitrogens with zero attached hydrogens (tertiary/aromatic N) is 3. The SMILES string of the molecule is C[C@@H](O)[C@H](NC(=O)NCCn1ccnn1)C(=O)O. The van der Waals surface area contributed by atoms with Gasteiger partial charge in [-0.1, -0.05) is 5.21 Å². The summed E-state index contributed by atoms with van der Waals surface area (Å²) in [4.78, 5) is 22.1. The molecule has 1 rings (SSSR count). The fraction of sp³-hybridized carbons (Fsp3) is 0.556. The maximum Gasteiger partial charge on any atom is 0.328 e. The zero-order valence-electron chi connectivity index (χ0n) is 9.78. The Labute approximate surface area is 103 Å². The Morgan fingerprint density at radius 3 is 2.72 bits per heavy atom. The molecule has 4 N–H and O–H groups in total. The van der Waals surface area contributed by atoms with E-state index in [0.29, 0.717) is 6.54 Å². The molecule has 0 radical (unpaired) electrons. The zero-order valence-corrected chi connectivity index (χ0v) is 9.78. The van der Waals surface area contributed by atoms with Crippen molar-refractivity contribution in [1.29, 1.82) is 0 Å². The van der Waals surface area contributed by atoms with E-state index >= 15 is 0 Å². The number of aliphatic hydroxyl groups is 1. The first-order valence-corrected chi connectivity index (χ1v) is 5.30. The summed E-state index contributed by atoms with van der Waals surface area (Å²) >= 11 is 0. The van der Waals surface area contributed by atoms with Crippen LogP contribution in [-0.2, 0) is 11.3 Å². The van der Waals surface area contributed by atoms with Crippen LogP contribution in [-0.4, -0.2) is 55.9 Å². The van der Waals surface area contributed by atoms with E-state index in [-0.39, 0.29) is 6.54 Å². The zero-order chi connectivity index (χ0) is 13.5. The van der Waals surface area contributed by atoms with Gasteiger partial charge in [-0.25, -0.2) is 9.59 Å². The molecule has 18 heavy (non-hydrogen) atoms. The number of amides is 2. The van der Waals surface area contributed by atoms with Gasteiger partial charge in [0, 0.05) is 12.7 Å². The van der Waals surface area contributed by atoms with Crippen molar-refractivity contribution in [2.75, 3.05) is 6.54 Å². The molecule has 0 aromatic carbocycles. The fourth-order valence-electron chi connectivity index (χ4n) is 1.22. The van der Waals surface area contributed by atoms with E-state index in [0.717, 1.165) is 0 Å². The number of hydrogen-bond donors (Lipinski definition) is 4. The molecule has 0 aliphatic carbocycles. The summed E-state index contributed by atoms with van der Waals surface area (Å²) in [5.41, 5.74) is 0. The highest BCUT2D eigenvalue weighted by atomic mass is 16.4. The van der Waals surface area contributed by atoms with Crippen LogP contribution in [0.5, 0.6) is 0 Å². The third-order valence-corrected chi connectivity index (χ3v) is 2.13. The molecule has 2 atom stereocenters. The molecule has 100 valence electrons. The van der Waals surface area contributed by atoms with Crippen molar-refractivity contribution in [2.24, 2.45) is 0 Å². The predicted molar refractivity (Wildman–Crippen MR) is 59.7 cm³/mol. The van der Waals surface area contributed by atoms with E-state index in [9.17, 15) is 9.59 Å². The second-order valence-corrected chi connectivity index (χ2v) is 3.62. The molecule has 0 saturated heterocycles. The van der Waals surface area contributed by atoms with Gasteiger partial charge < -0.3 is 20.8 Å². The molecule has 1 aromatic heterocycles. The van der Waals surface area contributed by atoms with Crippen LogP contribution in [0, 0.1) is 0 Å².